The molecule has 0 N–H and O–H groups in total. The van der Waals surface area contributed by atoms with Crippen LogP contribution in [0.15, 0.2) is 36.4 Å². The van der Waals surface area contributed by atoms with Crippen molar-refractivity contribution in [1.29, 1.82) is 0 Å². The molecule has 2 aromatic carbocycles. The summed E-state index contributed by atoms with van der Waals surface area (Å²) in [6, 6.07) is 12.3. The first-order valence-corrected chi connectivity index (χ1v) is 6.50. The number of hydrogen-bond acceptors (Lipinski definition) is 2. The molecule has 0 aliphatic carbocycles. The van der Waals surface area contributed by atoms with Gasteiger partial charge in [0.1, 0.15) is 11.5 Å². The number of nitrogens with zero attached hydrogens (tertiary/aromatic N) is 1. The molecule has 2 aromatic rings. The second-order valence-corrected chi connectivity index (χ2v) is 5.19. The molecule has 0 fully saturated rings. The highest BCUT2D eigenvalue weighted by molar-refractivity contribution is 5.56. The van der Waals surface area contributed by atoms with E-state index in [2.05, 4.69) is 49.9 Å². The van der Waals surface area contributed by atoms with E-state index >= 15 is 0 Å². The lowest BCUT2D eigenvalue weighted by Crippen LogP contribution is -2.10. The second kappa shape index (κ2) is 5.35. The van der Waals surface area contributed by atoms with Crippen LogP contribution in [0.5, 0.6) is 11.5 Å². The van der Waals surface area contributed by atoms with E-state index in [0.29, 0.717) is 0 Å². The van der Waals surface area contributed by atoms with Crippen molar-refractivity contribution in [2.45, 2.75) is 20.8 Å². The highest BCUT2D eigenvalue weighted by Crippen LogP contribution is 2.28. The molecule has 0 aliphatic rings. The Hall–Kier alpha value is -1.96. The molecule has 0 saturated heterocycles. The number of rotatable bonds is 3. The molecule has 0 radical (unpaired) electrons. The predicted molar refractivity (Wildman–Crippen MR) is 81.5 cm³/mol. The highest BCUT2D eigenvalue weighted by Gasteiger charge is 2.05. The molecular weight excluding hydrogens is 234 g/mol. The van der Waals surface area contributed by atoms with Crippen LogP contribution in [0, 0.1) is 20.8 Å². The topological polar surface area (TPSA) is 12.5 Å². The van der Waals surface area contributed by atoms with Crippen molar-refractivity contribution >= 4 is 5.69 Å². The molecule has 0 spiro atoms. The van der Waals surface area contributed by atoms with Gasteiger partial charge in [-0.1, -0.05) is 12.1 Å². The minimum Gasteiger partial charge on any atom is -0.457 e. The average Bonchev–Trinajstić information content (AvgIpc) is 2.36. The average molecular weight is 255 g/mol. The van der Waals surface area contributed by atoms with Crippen LogP contribution in [0.25, 0.3) is 0 Å². The van der Waals surface area contributed by atoms with Gasteiger partial charge >= 0.3 is 0 Å². The van der Waals surface area contributed by atoms with E-state index in [4.69, 9.17) is 4.74 Å². The fourth-order valence-electron chi connectivity index (χ4n) is 2.05. The molecule has 19 heavy (non-hydrogen) atoms. The summed E-state index contributed by atoms with van der Waals surface area (Å²) in [4.78, 5) is 2.10. The Kier molecular flexibility index (Phi) is 3.79. The van der Waals surface area contributed by atoms with Gasteiger partial charge in [0, 0.05) is 25.8 Å². The summed E-state index contributed by atoms with van der Waals surface area (Å²) in [6.45, 7) is 6.31. The molecule has 2 nitrogen and oxygen atoms in total. The smallest absolute Gasteiger partial charge is 0.129 e. The maximum atomic E-state index is 5.93. The molecular formula is C17H21NO. The van der Waals surface area contributed by atoms with Crippen LogP contribution in [-0.4, -0.2) is 14.1 Å². The molecule has 0 amide bonds. The van der Waals surface area contributed by atoms with Crippen molar-refractivity contribution in [3.63, 3.8) is 0 Å². The number of anilines is 1. The zero-order chi connectivity index (χ0) is 14.0. The lowest BCUT2D eigenvalue weighted by molar-refractivity contribution is 0.482. The van der Waals surface area contributed by atoms with Crippen LogP contribution in [0.3, 0.4) is 0 Å². The van der Waals surface area contributed by atoms with E-state index in [1.54, 1.807) is 0 Å². The fourth-order valence-corrected chi connectivity index (χ4v) is 2.05. The lowest BCUT2D eigenvalue weighted by Gasteiger charge is -2.17. The standard InChI is InChI=1S/C17H21NO/c1-12-6-8-15(10-14(12)3)19-16-9-7-13(2)17(11-16)18(4)5/h6-11H,1-5H3. The first-order valence-electron chi connectivity index (χ1n) is 6.50. The molecule has 0 saturated carbocycles. The Bertz CT molecular complexity index is 588. The summed E-state index contributed by atoms with van der Waals surface area (Å²) in [5, 5.41) is 0. The van der Waals surface area contributed by atoms with E-state index in [1.165, 1.54) is 22.4 Å². The highest BCUT2D eigenvalue weighted by atomic mass is 16.5. The molecule has 0 bridgehead atoms. The monoisotopic (exact) mass is 255 g/mol. The Labute approximate surface area is 115 Å². The Morgan fingerprint density at radius 1 is 0.737 bits per heavy atom. The van der Waals surface area contributed by atoms with Crippen molar-refractivity contribution in [1.82, 2.24) is 0 Å². The summed E-state index contributed by atoms with van der Waals surface area (Å²) in [6.07, 6.45) is 0. The number of hydrogen-bond donors (Lipinski definition) is 0. The normalized spacial score (nSPS) is 10.4. The molecule has 0 aliphatic heterocycles. The number of aryl methyl sites for hydroxylation is 3. The van der Waals surface area contributed by atoms with Crippen LogP contribution in [0.1, 0.15) is 16.7 Å². The molecule has 2 rings (SSSR count). The van der Waals surface area contributed by atoms with Crippen LogP contribution < -0.4 is 9.64 Å². The van der Waals surface area contributed by atoms with E-state index in [-0.39, 0.29) is 0 Å². The maximum absolute atomic E-state index is 5.93. The summed E-state index contributed by atoms with van der Waals surface area (Å²) in [5.74, 6) is 1.76. The summed E-state index contributed by atoms with van der Waals surface area (Å²) >= 11 is 0. The van der Waals surface area contributed by atoms with Crippen LogP contribution >= 0.6 is 0 Å². The second-order valence-electron chi connectivity index (χ2n) is 5.19. The summed E-state index contributed by atoms with van der Waals surface area (Å²) < 4.78 is 5.93. The largest absolute Gasteiger partial charge is 0.457 e. The fraction of sp³-hybridized carbons (Fsp3) is 0.294. The third-order valence-corrected chi connectivity index (χ3v) is 3.38. The molecule has 0 aromatic heterocycles. The van der Waals surface area contributed by atoms with Crippen molar-refractivity contribution < 1.29 is 4.74 Å². The predicted octanol–water partition coefficient (Wildman–Crippen LogP) is 4.47. The lowest BCUT2D eigenvalue weighted by atomic mass is 10.1. The van der Waals surface area contributed by atoms with Crippen LogP contribution in [0.4, 0.5) is 5.69 Å². The van der Waals surface area contributed by atoms with Gasteiger partial charge in [-0.2, -0.15) is 0 Å². The van der Waals surface area contributed by atoms with Crippen molar-refractivity contribution in [2.24, 2.45) is 0 Å². The van der Waals surface area contributed by atoms with Crippen LogP contribution in [-0.2, 0) is 0 Å². The molecule has 2 heteroatoms. The van der Waals surface area contributed by atoms with Crippen LogP contribution in [0.2, 0.25) is 0 Å². The quantitative estimate of drug-likeness (QED) is 0.802. The van der Waals surface area contributed by atoms with Gasteiger partial charge in [0.15, 0.2) is 0 Å². The Morgan fingerprint density at radius 2 is 1.32 bits per heavy atom. The Balaban J connectivity index is 2.28. The minimum atomic E-state index is 0.873. The molecule has 0 unspecified atom stereocenters. The number of ether oxygens (including phenoxy) is 1. The third kappa shape index (κ3) is 3.08. The number of benzene rings is 2. The molecule has 100 valence electrons. The van der Waals surface area contributed by atoms with Crippen molar-refractivity contribution in [3.05, 3.63) is 53.1 Å². The van der Waals surface area contributed by atoms with Gasteiger partial charge < -0.3 is 9.64 Å². The zero-order valence-electron chi connectivity index (χ0n) is 12.3. The maximum Gasteiger partial charge on any atom is 0.129 e. The first kappa shape index (κ1) is 13.5. The van der Waals surface area contributed by atoms with E-state index in [9.17, 15) is 0 Å². The van der Waals surface area contributed by atoms with Gasteiger partial charge in [-0.25, -0.2) is 0 Å². The summed E-state index contributed by atoms with van der Waals surface area (Å²) in [7, 11) is 4.09. The first-order chi connectivity index (χ1) is 8.97. The van der Waals surface area contributed by atoms with E-state index in [1.807, 2.05) is 26.2 Å². The van der Waals surface area contributed by atoms with Gasteiger partial charge in [-0.05, 0) is 55.7 Å². The minimum absolute atomic E-state index is 0.873. The third-order valence-electron chi connectivity index (χ3n) is 3.38. The van der Waals surface area contributed by atoms with Gasteiger partial charge in [-0.3, -0.25) is 0 Å². The molecule has 0 heterocycles. The van der Waals surface area contributed by atoms with Gasteiger partial charge in [0.25, 0.3) is 0 Å². The van der Waals surface area contributed by atoms with Gasteiger partial charge in [0.2, 0.25) is 0 Å². The van der Waals surface area contributed by atoms with Crippen molar-refractivity contribution in [3.8, 4) is 11.5 Å². The summed E-state index contributed by atoms with van der Waals surface area (Å²) in [5.41, 5.74) is 4.96. The SMILES string of the molecule is Cc1ccc(Oc2ccc(C)c(N(C)C)c2)cc1C. The van der Waals surface area contributed by atoms with E-state index in [0.717, 1.165) is 11.5 Å². The van der Waals surface area contributed by atoms with Gasteiger partial charge in [0.05, 0.1) is 0 Å². The van der Waals surface area contributed by atoms with Crippen molar-refractivity contribution in [2.75, 3.05) is 19.0 Å². The molecule has 0 atom stereocenters. The van der Waals surface area contributed by atoms with Gasteiger partial charge in [-0.15, -0.1) is 0 Å². The zero-order valence-corrected chi connectivity index (χ0v) is 12.3. The Morgan fingerprint density at radius 3 is 1.89 bits per heavy atom. The van der Waals surface area contributed by atoms with E-state index < -0.39 is 0 Å².